The second-order valence-corrected chi connectivity index (χ2v) is 8.12. The zero-order chi connectivity index (χ0) is 19.1. The van der Waals surface area contributed by atoms with Crippen molar-refractivity contribution in [3.63, 3.8) is 0 Å². The number of nitrogens with zero attached hydrogens (tertiary/aromatic N) is 4. The van der Waals surface area contributed by atoms with E-state index in [1.807, 2.05) is 17.3 Å². The fourth-order valence-corrected chi connectivity index (χ4v) is 4.28. The van der Waals surface area contributed by atoms with Crippen LogP contribution in [0.15, 0.2) is 18.5 Å². The Labute approximate surface area is 163 Å². The highest BCUT2D eigenvalue weighted by atomic mass is 16.2. The molecule has 2 aliphatic rings. The number of nitrogens with one attached hydrogen (secondary N) is 1. The number of pyridine rings is 1. The van der Waals surface area contributed by atoms with Gasteiger partial charge in [0.1, 0.15) is 0 Å². The summed E-state index contributed by atoms with van der Waals surface area (Å²) in [5.74, 6) is 0.817. The van der Waals surface area contributed by atoms with Crippen LogP contribution in [0, 0.1) is 12.8 Å². The lowest BCUT2D eigenvalue weighted by Gasteiger charge is -2.30. The fourth-order valence-electron chi connectivity index (χ4n) is 4.28. The number of carbonyl (C=O) groups is 1. The van der Waals surface area contributed by atoms with Crippen molar-refractivity contribution in [3.05, 3.63) is 24.0 Å². The van der Waals surface area contributed by atoms with Gasteiger partial charge in [0.15, 0.2) is 0 Å². The first kappa shape index (κ1) is 19.9. The average molecular weight is 374 g/mol. The predicted molar refractivity (Wildman–Crippen MR) is 110 cm³/mol. The van der Waals surface area contributed by atoms with Crippen molar-refractivity contribution in [1.82, 2.24) is 20.1 Å². The van der Waals surface area contributed by atoms with Crippen molar-refractivity contribution >= 4 is 11.7 Å². The van der Waals surface area contributed by atoms with Crippen molar-refractivity contribution in [3.8, 4) is 0 Å². The number of anilines is 1. The van der Waals surface area contributed by atoms with Gasteiger partial charge in [-0.15, -0.1) is 0 Å². The number of hydrogen-bond acceptors (Lipinski definition) is 4. The SMILES string of the molecule is Cc1cnccc1N1CCCN(C(=O)NCCCN2CCCC(C)C2)CC1. The van der Waals surface area contributed by atoms with E-state index >= 15 is 0 Å². The zero-order valence-corrected chi connectivity index (χ0v) is 17.0. The van der Waals surface area contributed by atoms with Gasteiger partial charge in [0.2, 0.25) is 0 Å². The summed E-state index contributed by atoms with van der Waals surface area (Å²) in [7, 11) is 0. The summed E-state index contributed by atoms with van der Waals surface area (Å²) < 4.78 is 0. The molecule has 3 heterocycles. The molecule has 2 amide bonds. The highest BCUT2D eigenvalue weighted by Crippen LogP contribution is 2.20. The molecular weight excluding hydrogens is 338 g/mol. The van der Waals surface area contributed by atoms with Gasteiger partial charge in [0.05, 0.1) is 0 Å². The van der Waals surface area contributed by atoms with E-state index in [4.69, 9.17) is 0 Å². The van der Waals surface area contributed by atoms with Gasteiger partial charge in [-0.1, -0.05) is 6.92 Å². The molecule has 0 bridgehead atoms. The standard InChI is InChI=1S/C21H35N5O/c1-18-6-3-10-24(17-18)11-4-8-23-21(27)26-13-5-12-25(14-15-26)20-7-9-22-16-19(20)2/h7,9,16,18H,3-6,8,10-15,17H2,1-2H3,(H,23,27). The molecule has 1 aromatic heterocycles. The molecule has 1 N–H and O–H groups in total. The maximum absolute atomic E-state index is 12.5. The molecule has 2 aliphatic heterocycles. The molecule has 0 aromatic carbocycles. The Morgan fingerprint density at radius 2 is 2.11 bits per heavy atom. The normalized spacial score (nSPS) is 21.8. The minimum Gasteiger partial charge on any atom is -0.369 e. The summed E-state index contributed by atoms with van der Waals surface area (Å²) >= 11 is 0. The number of carbonyl (C=O) groups excluding carboxylic acids is 1. The van der Waals surface area contributed by atoms with Crippen molar-refractivity contribution in [2.75, 3.05) is 57.3 Å². The first-order valence-electron chi connectivity index (χ1n) is 10.5. The summed E-state index contributed by atoms with van der Waals surface area (Å²) in [6, 6.07) is 2.17. The third-order valence-corrected chi connectivity index (χ3v) is 5.78. The molecule has 1 unspecified atom stereocenters. The number of aryl methyl sites for hydroxylation is 1. The second-order valence-electron chi connectivity index (χ2n) is 8.12. The van der Waals surface area contributed by atoms with Crippen LogP contribution in [0.3, 0.4) is 0 Å². The maximum atomic E-state index is 12.5. The van der Waals surface area contributed by atoms with E-state index in [2.05, 4.69) is 40.0 Å². The molecule has 0 saturated carbocycles. The van der Waals surface area contributed by atoms with E-state index in [1.54, 1.807) is 0 Å². The maximum Gasteiger partial charge on any atom is 0.317 e. The smallest absolute Gasteiger partial charge is 0.317 e. The van der Waals surface area contributed by atoms with Crippen LogP contribution in [0.5, 0.6) is 0 Å². The number of piperidine rings is 1. The Morgan fingerprint density at radius 3 is 2.93 bits per heavy atom. The van der Waals surface area contributed by atoms with Crippen LogP contribution < -0.4 is 10.2 Å². The zero-order valence-electron chi connectivity index (χ0n) is 17.0. The quantitative estimate of drug-likeness (QED) is 0.807. The number of hydrogen-bond donors (Lipinski definition) is 1. The first-order valence-corrected chi connectivity index (χ1v) is 10.5. The molecule has 6 heteroatoms. The number of rotatable bonds is 5. The predicted octanol–water partition coefficient (Wildman–Crippen LogP) is 2.73. The molecule has 0 spiro atoms. The molecule has 0 radical (unpaired) electrons. The van der Waals surface area contributed by atoms with Crippen molar-refractivity contribution in [2.45, 2.75) is 39.5 Å². The minimum absolute atomic E-state index is 0.0929. The Morgan fingerprint density at radius 1 is 1.22 bits per heavy atom. The van der Waals surface area contributed by atoms with Gasteiger partial charge in [-0.2, -0.15) is 0 Å². The molecule has 1 atom stereocenters. The summed E-state index contributed by atoms with van der Waals surface area (Å²) in [6.07, 6.45) is 8.47. The molecule has 3 rings (SSSR count). The van der Waals surface area contributed by atoms with Crippen LogP contribution in [0.2, 0.25) is 0 Å². The molecule has 150 valence electrons. The molecule has 6 nitrogen and oxygen atoms in total. The Kier molecular flexibility index (Phi) is 7.33. The van der Waals surface area contributed by atoms with E-state index in [9.17, 15) is 4.79 Å². The average Bonchev–Trinajstić information content (AvgIpc) is 2.92. The van der Waals surface area contributed by atoms with Gasteiger partial charge in [-0.25, -0.2) is 4.79 Å². The summed E-state index contributed by atoms with van der Waals surface area (Å²) in [5.41, 5.74) is 2.44. The lowest BCUT2D eigenvalue weighted by atomic mass is 10.0. The van der Waals surface area contributed by atoms with Crippen molar-refractivity contribution < 1.29 is 4.79 Å². The van der Waals surface area contributed by atoms with Crippen molar-refractivity contribution in [1.29, 1.82) is 0 Å². The minimum atomic E-state index is 0.0929. The number of amides is 2. The van der Waals surface area contributed by atoms with Crippen LogP contribution in [0.4, 0.5) is 10.5 Å². The summed E-state index contributed by atoms with van der Waals surface area (Å²) in [4.78, 5) is 23.6. The van der Waals surface area contributed by atoms with E-state index in [1.165, 1.54) is 37.2 Å². The third kappa shape index (κ3) is 5.83. The monoisotopic (exact) mass is 373 g/mol. The Hall–Kier alpha value is -1.82. The number of urea groups is 1. The van der Waals surface area contributed by atoms with E-state index in [0.717, 1.165) is 58.0 Å². The van der Waals surface area contributed by atoms with E-state index in [0.29, 0.717) is 0 Å². The van der Waals surface area contributed by atoms with Gasteiger partial charge >= 0.3 is 6.03 Å². The number of aromatic nitrogens is 1. The van der Waals surface area contributed by atoms with Crippen LogP contribution in [-0.2, 0) is 0 Å². The van der Waals surface area contributed by atoms with Crippen LogP contribution in [0.1, 0.15) is 38.2 Å². The largest absolute Gasteiger partial charge is 0.369 e. The molecular formula is C21H35N5O. The topological polar surface area (TPSA) is 51.7 Å². The van der Waals surface area contributed by atoms with Gasteiger partial charge in [-0.3, -0.25) is 4.98 Å². The number of likely N-dealkylation sites (tertiary alicyclic amines) is 1. The Balaban J connectivity index is 1.38. The fraction of sp³-hybridized carbons (Fsp3) is 0.714. The first-order chi connectivity index (χ1) is 13.1. The molecule has 1 aromatic rings. The van der Waals surface area contributed by atoms with E-state index < -0.39 is 0 Å². The Bertz CT molecular complexity index is 608. The highest BCUT2D eigenvalue weighted by molar-refractivity contribution is 5.74. The van der Waals surface area contributed by atoms with E-state index in [-0.39, 0.29) is 6.03 Å². The third-order valence-electron chi connectivity index (χ3n) is 5.78. The highest BCUT2D eigenvalue weighted by Gasteiger charge is 2.20. The van der Waals surface area contributed by atoms with Crippen LogP contribution >= 0.6 is 0 Å². The molecule has 2 fully saturated rings. The van der Waals surface area contributed by atoms with Gasteiger partial charge in [0, 0.05) is 57.3 Å². The van der Waals surface area contributed by atoms with Gasteiger partial charge in [-0.05, 0) is 63.2 Å². The molecule has 0 aliphatic carbocycles. The lowest BCUT2D eigenvalue weighted by molar-refractivity contribution is 0.179. The van der Waals surface area contributed by atoms with Gasteiger partial charge in [0.25, 0.3) is 0 Å². The second kappa shape index (κ2) is 9.93. The van der Waals surface area contributed by atoms with Crippen molar-refractivity contribution in [2.24, 2.45) is 5.92 Å². The summed E-state index contributed by atoms with van der Waals surface area (Å²) in [6.45, 7) is 12.2. The van der Waals surface area contributed by atoms with Gasteiger partial charge < -0.3 is 20.0 Å². The molecule has 2 saturated heterocycles. The lowest BCUT2D eigenvalue weighted by Crippen LogP contribution is -2.43. The van der Waals surface area contributed by atoms with Crippen LogP contribution in [0.25, 0.3) is 0 Å². The molecule has 27 heavy (non-hydrogen) atoms. The van der Waals surface area contributed by atoms with Crippen LogP contribution in [-0.4, -0.2) is 73.2 Å². The summed E-state index contributed by atoms with van der Waals surface area (Å²) in [5, 5.41) is 3.13.